The van der Waals surface area contributed by atoms with Gasteiger partial charge in [-0.05, 0) is 37.3 Å². The van der Waals surface area contributed by atoms with Gasteiger partial charge in [0.25, 0.3) is 0 Å². The summed E-state index contributed by atoms with van der Waals surface area (Å²) < 4.78 is 6.40. The Hall–Kier alpha value is -1.68. The van der Waals surface area contributed by atoms with Gasteiger partial charge >= 0.3 is 0 Å². The molecule has 19 heavy (non-hydrogen) atoms. The minimum Gasteiger partial charge on any atom is -0.504 e. The van der Waals surface area contributed by atoms with Crippen LogP contribution in [0.25, 0.3) is 0 Å². The predicted octanol–water partition coefficient (Wildman–Crippen LogP) is 4.17. The van der Waals surface area contributed by atoms with Crippen molar-refractivity contribution in [3.63, 3.8) is 0 Å². The van der Waals surface area contributed by atoms with Crippen LogP contribution in [0.4, 0.5) is 5.69 Å². The van der Waals surface area contributed by atoms with Crippen molar-refractivity contribution in [3.8, 4) is 11.5 Å². The number of rotatable bonds is 5. The highest BCUT2D eigenvalue weighted by molar-refractivity contribution is 9.10. The first kappa shape index (κ1) is 13.7. The molecule has 100 valence electrons. The van der Waals surface area contributed by atoms with E-state index in [0.717, 1.165) is 15.7 Å². The predicted molar refractivity (Wildman–Crippen MR) is 80.7 cm³/mol. The fourth-order valence-corrected chi connectivity index (χ4v) is 2.01. The lowest BCUT2D eigenvalue weighted by Gasteiger charge is -2.11. The van der Waals surface area contributed by atoms with E-state index in [4.69, 9.17) is 4.74 Å². The zero-order valence-electron chi connectivity index (χ0n) is 10.7. The van der Waals surface area contributed by atoms with Gasteiger partial charge in [-0.3, -0.25) is 0 Å². The van der Waals surface area contributed by atoms with Gasteiger partial charge in [-0.25, -0.2) is 0 Å². The van der Waals surface area contributed by atoms with Crippen LogP contribution in [0.1, 0.15) is 12.5 Å². The van der Waals surface area contributed by atoms with E-state index in [1.54, 1.807) is 6.07 Å². The molecule has 0 heterocycles. The van der Waals surface area contributed by atoms with Crippen molar-refractivity contribution in [2.75, 3.05) is 11.9 Å². The largest absolute Gasteiger partial charge is 0.504 e. The number of hydrogen-bond acceptors (Lipinski definition) is 3. The Morgan fingerprint density at radius 2 is 1.89 bits per heavy atom. The van der Waals surface area contributed by atoms with Crippen molar-refractivity contribution in [2.45, 2.75) is 13.5 Å². The Morgan fingerprint density at radius 1 is 1.16 bits per heavy atom. The molecule has 0 saturated carbocycles. The summed E-state index contributed by atoms with van der Waals surface area (Å²) in [7, 11) is 0. The summed E-state index contributed by atoms with van der Waals surface area (Å²) >= 11 is 3.40. The second-order valence-electron chi connectivity index (χ2n) is 4.06. The summed E-state index contributed by atoms with van der Waals surface area (Å²) in [6.07, 6.45) is 0. The molecular formula is C15H16BrNO2. The molecule has 0 aromatic heterocycles. The van der Waals surface area contributed by atoms with Crippen molar-refractivity contribution in [1.29, 1.82) is 0 Å². The van der Waals surface area contributed by atoms with Gasteiger partial charge in [0, 0.05) is 22.3 Å². The Kier molecular flexibility index (Phi) is 4.68. The Bertz CT molecular complexity index is 540. The van der Waals surface area contributed by atoms with Gasteiger partial charge in [-0.1, -0.05) is 28.1 Å². The van der Waals surface area contributed by atoms with Crippen molar-refractivity contribution >= 4 is 21.6 Å². The summed E-state index contributed by atoms with van der Waals surface area (Å²) in [6.45, 7) is 2.98. The molecule has 0 aliphatic rings. The summed E-state index contributed by atoms with van der Waals surface area (Å²) in [5, 5.41) is 13.3. The molecule has 2 aromatic rings. The standard InChI is InChI=1S/C15H16BrNO2/c1-2-19-14-5-3-4-11(15(14)18)10-17-13-8-6-12(16)7-9-13/h3-9,17-18H,2,10H2,1H3. The van der Waals surface area contributed by atoms with Crippen LogP contribution in [0, 0.1) is 0 Å². The van der Waals surface area contributed by atoms with Crippen LogP contribution >= 0.6 is 15.9 Å². The number of anilines is 1. The summed E-state index contributed by atoms with van der Waals surface area (Å²) in [5.74, 6) is 0.728. The number of para-hydroxylation sites is 1. The molecule has 0 aliphatic carbocycles. The van der Waals surface area contributed by atoms with E-state index in [2.05, 4.69) is 21.2 Å². The van der Waals surface area contributed by atoms with E-state index >= 15 is 0 Å². The zero-order chi connectivity index (χ0) is 13.7. The fraction of sp³-hybridized carbons (Fsp3) is 0.200. The average Bonchev–Trinajstić information content (AvgIpc) is 2.42. The van der Waals surface area contributed by atoms with E-state index in [1.807, 2.05) is 43.3 Å². The molecule has 0 radical (unpaired) electrons. The van der Waals surface area contributed by atoms with Crippen LogP contribution in [0.3, 0.4) is 0 Å². The van der Waals surface area contributed by atoms with Gasteiger partial charge in [0.1, 0.15) is 0 Å². The second kappa shape index (κ2) is 6.48. The van der Waals surface area contributed by atoms with Crippen LogP contribution in [0.5, 0.6) is 11.5 Å². The Balaban J connectivity index is 2.07. The molecule has 2 rings (SSSR count). The van der Waals surface area contributed by atoms with Crippen molar-refractivity contribution in [2.24, 2.45) is 0 Å². The molecule has 0 atom stereocenters. The molecular weight excluding hydrogens is 306 g/mol. The minimum atomic E-state index is 0.203. The molecule has 3 nitrogen and oxygen atoms in total. The number of phenolic OH excluding ortho intramolecular Hbond substituents is 1. The maximum atomic E-state index is 10.1. The van der Waals surface area contributed by atoms with E-state index in [9.17, 15) is 5.11 Å². The molecule has 0 amide bonds. The highest BCUT2D eigenvalue weighted by atomic mass is 79.9. The Labute approximate surface area is 121 Å². The van der Waals surface area contributed by atoms with Gasteiger partial charge in [0.2, 0.25) is 0 Å². The topological polar surface area (TPSA) is 41.5 Å². The third-order valence-corrected chi connectivity index (χ3v) is 3.24. The van der Waals surface area contributed by atoms with Gasteiger partial charge < -0.3 is 15.2 Å². The summed E-state index contributed by atoms with van der Waals surface area (Å²) in [6, 6.07) is 13.4. The monoisotopic (exact) mass is 321 g/mol. The lowest BCUT2D eigenvalue weighted by atomic mass is 10.2. The maximum Gasteiger partial charge on any atom is 0.162 e. The van der Waals surface area contributed by atoms with Crippen molar-refractivity contribution in [1.82, 2.24) is 0 Å². The van der Waals surface area contributed by atoms with Gasteiger partial charge in [0.05, 0.1) is 6.61 Å². The molecule has 4 heteroatoms. The smallest absolute Gasteiger partial charge is 0.162 e. The van der Waals surface area contributed by atoms with E-state index in [-0.39, 0.29) is 5.75 Å². The number of benzene rings is 2. The molecule has 0 bridgehead atoms. The molecule has 2 N–H and O–H groups in total. The Morgan fingerprint density at radius 3 is 2.58 bits per heavy atom. The normalized spacial score (nSPS) is 10.2. The highest BCUT2D eigenvalue weighted by Crippen LogP contribution is 2.30. The van der Waals surface area contributed by atoms with Gasteiger partial charge in [0.15, 0.2) is 11.5 Å². The van der Waals surface area contributed by atoms with Crippen LogP contribution in [0.2, 0.25) is 0 Å². The van der Waals surface area contributed by atoms with Crippen LogP contribution in [0.15, 0.2) is 46.9 Å². The minimum absolute atomic E-state index is 0.203. The van der Waals surface area contributed by atoms with Gasteiger partial charge in [-0.2, -0.15) is 0 Å². The zero-order valence-corrected chi connectivity index (χ0v) is 12.3. The number of halogens is 1. The lowest BCUT2D eigenvalue weighted by Crippen LogP contribution is -2.01. The highest BCUT2D eigenvalue weighted by Gasteiger charge is 2.07. The number of ether oxygens (including phenoxy) is 1. The van der Waals surface area contributed by atoms with Crippen molar-refractivity contribution in [3.05, 3.63) is 52.5 Å². The first-order valence-electron chi connectivity index (χ1n) is 6.13. The number of phenols is 1. The molecule has 2 aromatic carbocycles. The maximum absolute atomic E-state index is 10.1. The van der Waals surface area contributed by atoms with Crippen molar-refractivity contribution < 1.29 is 9.84 Å². The second-order valence-corrected chi connectivity index (χ2v) is 4.97. The van der Waals surface area contributed by atoms with E-state index < -0.39 is 0 Å². The summed E-state index contributed by atoms with van der Waals surface area (Å²) in [4.78, 5) is 0. The quantitative estimate of drug-likeness (QED) is 0.868. The SMILES string of the molecule is CCOc1cccc(CNc2ccc(Br)cc2)c1O. The molecule has 0 saturated heterocycles. The lowest BCUT2D eigenvalue weighted by molar-refractivity contribution is 0.317. The first-order valence-corrected chi connectivity index (χ1v) is 6.93. The third kappa shape index (κ3) is 3.64. The average molecular weight is 322 g/mol. The van der Waals surface area contributed by atoms with E-state index in [0.29, 0.717) is 18.9 Å². The first-order chi connectivity index (χ1) is 9.20. The fourth-order valence-electron chi connectivity index (χ4n) is 1.75. The number of aromatic hydroxyl groups is 1. The number of nitrogens with one attached hydrogen (secondary N) is 1. The molecule has 0 spiro atoms. The van der Waals surface area contributed by atoms with E-state index in [1.165, 1.54) is 0 Å². The van der Waals surface area contributed by atoms with Crippen LogP contribution < -0.4 is 10.1 Å². The van der Waals surface area contributed by atoms with Gasteiger partial charge in [-0.15, -0.1) is 0 Å². The van der Waals surface area contributed by atoms with Crippen LogP contribution in [-0.2, 0) is 6.54 Å². The molecule has 0 aliphatic heterocycles. The summed E-state index contributed by atoms with van der Waals surface area (Å²) in [5.41, 5.74) is 1.82. The molecule has 0 fully saturated rings. The molecule has 0 unspecified atom stereocenters. The van der Waals surface area contributed by atoms with Crippen LogP contribution in [-0.4, -0.2) is 11.7 Å². The third-order valence-electron chi connectivity index (χ3n) is 2.71. The number of hydrogen-bond donors (Lipinski definition) is 2.